The molecule has 0 aliphatic carbocycles. The first-order chi connectivity index (χ1) is 14.9. The summed E-state index contributed by atoms with van der Waals surface area (Å²) in [7, 11) is 0. The first-order valence-corrected chi connectivity index (χ1v) is 10.9. The average Bonchev–Trinajstić information content (AvgIpc) is 3.28. The van der Waals surface area contributed by atoms with Crippen LogP contribution in [0, 0.1) is 13.8 Å². The number of hydrogen-bond donors (Lipinski definition) is 1. The van der Waals surface area contributed by atoms with E-state index in [0.717, 1.165) is 15.6 Å². The summed E-state index contributed by atoms with van der Waals surface area (Å²) in [6, 6.07) is 17.9. The van der Waals surface area contributed by atoms with Crippen molar-refractivity contribution in [1.29, 1.82) is 0 Å². The molecule has 0 aliphatic rings. The lowest BCUT2D eigenvalue weighted by atomic mass is 10.1. The lowest BCUT2D eigenvalue weighted by molar-refractivity contribution is 0.102. The molecule has 158 valence electrons. The van der Waals surface area contributed by atoms with E-state index in [4.69, 9.17) is 11.6 Å². The number of hydrogen-bond acceptors (Lipinski definition) is 3. The van der Waals surface area contributed by atoms with Crippen molar-refractivity contribution >= 4 is 39.3 Å². The average molecular weight is 499 g/mol. The fraction of sp³-hybridized carbons (Fsp3) is 0.174. The number of carbonyl (C=O) groups excluding carboxylic acids is 1. The molecule has 0 bridgehead atoms. The maximum Gasteiger partial charge on any atom is 0.261 e. The number of halogens is 2. The van der Waals surface area contributed by atoms with Crippen LogP contribution >= 0.6 is 27.5 Å². The molecular weight excluding hydrogens is 478 g/mol. The third-order valence-electron chi connectivity index (χ3n) is 4.95. The second kappa shape index (κ2) is 9.08. The monoisotopic (exact) mass is 497 g/mol. The molecular formula is C23H21BrClN5O. The van der Waals surface area contributed by atoms with E-state index < -0.39 is 0 Å². The molecule has 0 radical (unpaired) electrons. The van der Waals surface area contributed by atoms with Crippen LogP contribution in [-0.2, 0) is 13.1 Å². The molecule has 4 aromatic rings. The molecule has 8 heteroatoms. The van der Waals surface area contributed by atoms with E-state index in [1.54, 1.807) is 28.6 Å². The SMILES string of the molecule is Cc1ccc(Cn2nc(C)c(C(=O)Nc3ccnn3Cc3ccc(Br)cc3)c2Cl)cc1. The summed E-state index contributed by atoms with van der Waals surface area (Å²) in [5.74, 6) is 0.282. The fourth-order valence-electron chi connectivity index (χ4n) is 3.29. The Morgan fingerprint density at radius 1 is 0.968 bits per heavy atom. The number of rotatable bonds is 6. The second-order valence-electron chi connectivity index (χ2n) is 7.35. The maximum absolute atomic E-state index is 13.0. The predicted octanol–water partition coefficient (Wildman–Crippen LogP) is 5.46. The first kappa shape index (κ1) is 21.3. The van der Waals surface area contributed by atoms with Crippen molar-refractivity contribution in [3.63, 3.8) is 0 Å². The number of aryl methyl sites for hydroxylation is 2. The molecule has 2 heterocycles. The molecule has 0 atom stereocenters. The summed E-state index contributed by atoms with van der Waals surface area (Å²) < 4.78 is 4.40. The van der Waals surface area contributed by atoms with Gasteiger partial charge in [0.15, 0.2) is 0 Å². The number of amides is 1. The molecule has 2 aromatic carbocycles. The summed E-state index contributed by atoms with van der Waals surface area (Å²) in [4.78, 5) is 13.0. The number of nitrogens with one attached hydrogen (secondary N) is 1. The van der Waals surface area contributed by atoms with Crippen molar-refractivity contribution in [3.8, 4) is 0 Å². The summed E-state index contributed by atoms with van der Waals surface area (Å²) in [5, 5.41) is 12.0. The molecule has 1 amide bonds. The van der Waals surface area contributed by atoms with E-state index in [2.05, 4.69) is 31.4 Å². The van der Waals surface area contributed by atoms with Crippen LogP contribution in [-0.4, -0.2) is 25.5 Å². The molecule has 0 fully saturated rings. The van der Waals surface area contributed by atoms with Crippen LogP contribution in [0.4, 0.5) is 5.82 Å². The zero-order chi connectivity index (χ0) is 22.0. The minimum atomic E-state index is -0.310. The molecule has 6 nitrogen and oxygen atoms in total. The predicted molar refractivity (Wildman–Crippen MR) is 126 cm³/mol. The van der Waals surface area contributed by atoms with Crippen LogP contribution in [0.1, 0.15) is 32.7 Å². The van der Waals surface area contributed by atoms with Gasteiger partial charge in [-0.2, -0.15) is 10.2 Å². The molecule has 0 aliphatic heterocycles. The minimum Gasteiger partial charge on any atom is -0.307 e. The van der Waals surface area contributed by atoms with Gasteiger partial charge in [-0.05, 0) is 37.1 Å². The van der Waals surface area contributed by atoms with Crippen molar-refractivity contribution in [1.82, 2.24) is 19.6 Å². The van der Waals surface area contributed by atoms with Crippen LogP contribution in [0.15, 0.2) is 65.3 Å². The van der Waals surface area contributed by atoms with Gasteiger partial charge < -0.3 is 5.32 Å². The normalized spacial score (nSPS) is 11.0. The highest BCUT2D eigenvalue weighted by Crippen LogP contribution is 2.23. The van der Waals surface area contributed by atoms with Gasteiger partial charge in [0.05, 0.1) is 30.5 Å². The number of benzene rings is 2. The Morgan fingerprint density at radius 3 is 2.26 bits per heavy atom. The molecule has 0 saturated carbocycles. The van der Waals surface area contributed by atoms with E-state index in [1.165, 1.54) is 5.56 Å². The van der Waals surface area contributed by atoms with E-state index >= 15 is 0 Å². The van der Waals surface area contributed by atoms with E-state index in [1.807, 2.05) is 55.5 Å². The molecule has 0 unspecified atom stereocenters. The minimum absolute atomic E-state index is 0.310. The Hall–Kier alpha value is -2.90. The summed E-state index contributed by atoms with van der Waals surface area (Å²) in [5.41, 5.74) is 4.27. The van der Waals surface area contributed by atoms with Crippen LogP contribution in [0.5, 0.6) is 0 Å². The lowest BCUT2D eigenvalue weighted by Gasteiger charge is -2.09. The van der Waals surface area contributed by atoms with Gasteiger partial charge in [-0.25, -0.2) is 9.36 Å². The third-order valence-corrected chi connectivity index (χ3v) is 5.86. The number of anilines is 1. The van der Waals surface area contributed by atoms with Gasteiger partial charge in [-0.1, -0.05) is 69.5 Å². The van der Waals surface area contributed by atoms with Crippen molar-refractivity contribution in [2.75, 3.05) is 5.32 Å². The fourth-order valence-corrected chi connectivity index (χ4v) is 3.87. The third kappa shape index (κ3) is 4.89. The summed E-state index contributed by atoms with van der Waals surface area (Å²) in [6.45, 7) is 4.86. The number of nitrogens with zero attached hydrogens (tertiary/aromatic N) is 4. The van der Waals surface area contributed by atoms with E-state index in [9.17, 15) is 4.79 Å². The topological polar surface area (TPSA) is 64.7 Å². The first-order valence-electron chi connectivity index (χ1n) is 9.77. The Bertz CT molecular complexity index is 1210. The number of carbonyl (C=O) groups is 1. The Labute approximate surface area is 194 Å². The molecule has 4 rings (SSSR count). The largest absolute Gasteiger partial charge is 0.307 e. The Morgan fingerprint density at radius 2 is 1.58 bits per heavy atom. The van der Waals surface area contributed by atoms with E-state index in [-0.39, 0.29) is 5.91 Å². The van der Waals surface area contributed by atoms with Gasteiger partial charge >= 0.3 is 0 Å². The highest BCUT2D eigenvalue weighted by Gasteiger charge is 2.21. The van der Waals surface area contributed by atoms with Gasteiger partial charge in [0.1, 0.15) is 11.0 Å². The highest BCUT2D eigenvalue weighted by molar-refractivity contribution is 9.10. The summed E-state index contributed by atoms with van der Waals surface area (Å²) in [6.07, 6.45) is 1.66. The second-order valence-corrected chi connectivity index (χ2v) is 8.62. The van der Waals surface area contributed by atoms with Crippen LogP contribution in [0.3, 0.4) is 0 Å². The quantitative estimate of drug-likeness (QED) is 0.384. The molecule has 0 saturated heterocycles. The van der Waals surface area contributed by atoms with Gasteiger partial charge in [0.2, 0.25) is 0 Å². The van der Waals surface area contributed by atoms with Crippen molar-refractivity contribution in [2.24, 2.45) is 0 Å². The van der Waals surface area contributed by atoms with Crippen LogP contribution < -0.4 is 5.32 Å². The standard InChI is InChI=1S/C23H21BrClN5O/c1-15-3-5-17(6-4-15)14-30-22(25)21(16(2)28-30)23(31)27-20-11-12-26-29(20)13-18-7-9-19(24)10-8-18/h3-12H,13-14H2,1-2H3,(H,27,31). The van der Waals surface area contributed by atoms with Gasteiger partial charge in [-0.3, -0.25) is 4.79 Å². The molecule has 2 aromatic heterocycles. The molecule has 31 heavy (non-hydrogen) atoms. The summed E-state index contributed by atoms with van der Waals surface area (Å²) >= 11 is 9.98. The zero-order valence-electron chi connectivity index (χ0n) is 17.1. The zero-order valence-corrected chi connectivity index (χ0v) is 19.5. The number of aromatic nitrogens is 4. The van der Waals surface area contributed by atoms with Crippen molar-refractivity contribution in [3.05, 3.63) is 98.4 Å². The maximum atomic E-state index is 13.0. The van der Waals surface area contributed by atoms with E-state index in [0.29, 0.717) is 35.3 Å². The van der Waals surface area contributed by atoms with Crippen molar-refractivity contribution < 1.29 is 4.79 Å². The van der Waals surface area contributed by atoms with Crippen LogP contribution in [0.2, 0.25) is 5.15 Å². The molecule has 0 spiro atoms. The van der Waals surface area contributed by atoms with Crippen LogP contribution in [0.25, 0.3) is 0 Å². The Balaban J connectivity index is 1.52. The Kier molecular flexibility index (Phi) is 6.25. The van der Waals surface area contributed by atoms with Crippen molar-refractivity contribution in [2.45, 2.75) is 26.9 Å². The smallest absolute Gasteiger partial charge is 0.261 e. The van der Waals surface area contributed by atoms with Gasteiger partial charge in [0.25, 0.3) is 5.91 Å². The lowest BCUT2D eigenvalue weighted by Crippen LogP contribution is -2.17. The highest BCUT2D eigenvalue weighted by atomic mass is 79.9. The van der Waals surface area contributed by atoms with Gasteiger partial charge in [0, 0.05) is 10.5 Å². The molecule has 1 N–H and O–H groups in total. The van der Waals surface area contributed by atoms with Gasteiger partial charge in [-0.15, -0.1) is 0 Å².